The molecule has 8 nitrogen and oxygen atoms in total. The number of aliphatic hydroxyl groups is 1. The van der Waals surface area contributed by atoms with Gasteiger partial charge >= 0.3 is 0 Å². The molecule has 0 saturated carbocycles. The molecule has 0 radical (unpaired) electrons. The van der Waals surface area contributed by atoms with Crippen LogP contribution in [0.5, 0.6) is 11.5 Å². The summed E-state index contributed by atoms with van der Waals surface area (Å²) in [6.07, 6.45) is -0.767. The van der Waals surface area contributed by atoms with Gasteiger partial charge in [-0.1, -0.05) is 24.3 Å². The van der Waals surface area contributed by atoms with Gasteiger partial charge in [0, 0.05) is 23.7 Å². The SMILES string of the molecule is [2H]C([2H])([2H])Oc1cc(F)c(F)cc1-c1ccc(OCc2cccc(C(=O)N3CC[C@H](O)[C@H]3C(=O)NOC)c2)cc1. The summed E-state index contributed by atoms with van der Waals surface area (Å²) in [5.74, 6) is -3.36. The zero-order valence-corrected chi connectivity index (χ0v) is 19.7. The minimum Gasteiger partial charge on any atom is -0.496 e. The predicted molar refractivity (Wildman–Crippen MR) is 130 cm³/mol. The Bertz CT molecular complexity index is 1390. The Morgan fingerprint density at radius 1 is 1.14 bits per heavy atom. The van der Waals surface area contributed by atoms with Crippen molar-refractivity contribution in [1.29, 1.82) is 0 Å². The molecule has 0 spiro atoms. The van der Waals surface area contributed by atoms with Crippen molar-refractivity contribution in [3.05, 3.63) is 83.4 Å². The number of hydrogen-bond donors (Lipinski definition) is 2. The molecular weight excluding hydrogens is 486 g/mol. The standard InChI is InChI=1S/C27H26F2N2O6/c1-35-24-14-22(29)21(28)13-20(24)17-6-8-19(9-7-17)37-15-16-4-3-5-18(12-16)27(34)31-11-10-23(32)25(31)26(33)30-36-2/h3-9,12-14,23,25,32H,10-11,15H2,1-2H3,(H,30,33)/t23-,25-/m0/s1/i1D3. The van der Waals surface area contributed by atoms with Crippen LogP contribution in [0, 0.1) is 11.6 Å². The minimum absolute atomic E-state index is 0.0531. The van der Waals surface area contributed by atoms with Gasteiger partial charge in [0.2, 0.25) is 0 Å². The molecule has 10 heteroatoms. The second-order valence-electron chi connectivity index (χ2n) is 8.35. The molecule has 4 rings (SSSR count). The number of carbonyl (C=O) groups excluding carboxylic acids is 2. The molecule has 194 valence electrons. The highest BCUT2D eigenvalue weighted by Crippen LogP contribution is 2.33. The van der Waals surface area contributed by atoms with Crippen LogP contribution in [0.3, 0.4) is 0 Å². The molecule has 3 aromatic rings. The molecule has 3 aromatic carbocycles. The lowest BCUT2D eigenvalue weighted by molar-refractivity contribution is -0.137. The summed E-state index contributed by atoms with van der Waals surface area (Å²) in [4.78, 5) is 31.3. The van der Waals surface area contributed by atoms with Gasteiger partial charge in [-0.15, -0.1) is 0 Å². The first-order valence-corrected chi connectivity index (χ1v) is 11.3. The Hall–Kier alpha value is -4.02. The first-order valence-electron chi connectivity index (χ1n) is 12.8. The van der Waals surface area contributed by atoms with E-state index in [1.54, 1.807) is 36.4 Å². The maximum atomic E-state index is 13.9. The van der Waals surface area contributed by atoms with E-state index in [0.29, 0.717) is 28.5 Å². The molecule has 0 aliphatic carbocycles. The quantitative estimate of drug-likeness (QED) is 0.446. The van der Waals surface area contributed by atoms with Crippen LogP contribution in [0.25, 0.3) is 11.1 Å². The highest BCUT2D eigenvalue weighted by atomic mass is 19.2. The van der Waals surface area contributed by atoms with Crippen molar-refractivity contribution in [1.82, 2.24) is 10.4 Å². The molecule has 2 atom stereocenters. The number of halogens is 2. The van der Waals surface area contributed by atoms with E-state index in [2.05, 4.69) is 10.3 Å². The lowest BCUT2D eigenvalue weighted by Crippen LogP contribution is -2.49. The number of rotatable bonds is 8. The fourth-order valence-corrected chi connectivity index (χ4v) is 4.18. The smallest absolute Gasteiger partial charge is 0.268 e. The first-order chi connectivity index (χ1) is 19.0. The number of carbonyl (C=O) groups is 2. The van der Waals surface area contributed by atoms with E-state index < -0.39 is 42.6 Å². The number of nitrogens with zero attached hydrogens (tertiary/aromatic N) is 1. The van der Waals surface area contributed by atoms with Crippen LogP contribution in [-0.2, 0) is 16.2 Å². The van der Waals surface area contributed by atoms with E-state index in [9.17, 15) is 23.5 Å². The van der Waals surface area contributed by atoms with Gasteiger partial charge in [-0.3, -0.25) is 14.4 Å². The van der Waals surface area contributed by atoms with E-state index in [1.165, 1.54) is 24.1 Å². The van der Waals surface area contributed by atoms with Crippen molar-refractivity contribution in [2.24, 2.45) is 0 Å². The largest absolute Gasteiger partial charge is 0.496 e. The summed E-state index contributed by atoms with van der Waals surface area (Å²) < 4.78 is 60.1. The molecule has 0 unspecified atom stereocenters. The van der Waals surface area contributed by atoms with Crippen LogP contribution in [0.2, 0.25) is 0 Å². The third kappa shape index (κ3) is 5.71. The summed E-state index contributed by atoms with van der Waals surface area (Å²) >= 11 is 0. The maximum Gasteiger partial charge on any atom is 0.268 e. The molecule has 1 heterocycles. The van der Waals surface area contributed by atoms with Crippen LogP contribution in [0.1, 0.15) is 26.5 Å². The van der Waals surface area contributed by atoms with Crippen molar-refractivity contribution < 1.29 is 41.9 Å². The molecule has 0 aromatic heterocycles. The highest BCUT2D eigenvalue weighted by Gasteiger charge is 2.41. The molecular formula is C27H26F2N2O6. The van der Waals surface area contributed by atoms with Gasteiger partial charge in [0.25, 0.3) is 11.8 Å². The van der Waals surface area contributed by atoms with Crippen LogP contribution >= 0.6 is 0 Å². The maximum absolute atomic E-state index is 13.9. The molecule has 37 heavy (non-hydrogen) atoms. The van der Waals surface area contributed by atoms with Gasteiger partial charge in [0.15, 0.2) is 11.6 Å². The average Bonchev–Trinajstić information content (AvgIpc) is 3.30. The predicted octanol–water partition coefficient (Wildman–Crippen LogP) is 3.47. The van der Waals surface area contributed by atoms with Crippen molar-refractivity contribution in [2.45, 2.75) is 25.2 Å². The summed E-state index contributed by atoms with van der Waals surface area (Å²) in [5.41, 5.74) is 3.54. The lowest BCUT2D eigenvalue weighted by atomic mass is 10.0. The molecule has 1 aliphatic rings. The first kappa shape index (κ1) is 22.2. The summed E-state index contributed by atoms with van der Waals surface area (Å²) in [6, 6.07) is 13.3. The molecule has 2 N–H and O–H groups in total. The highest BCUT2D eigenvalue weighted by molar-refractivity contribution is 5.98. The van der Waals surface area contributed by atoms with Gasteiger partial charge < -0.3 is 19.5 Å². The van der Waals surface area contributed by atoms with Crippen molar-refractivity contribution >= 4 is 11.8 Å². The minimum atomic E-state index is -2.86. The number of amides is 2. The molecule has 0 bridgehead atoms. The third-order valence-corrected chi connectivity index (χ3v) is 5.98. The van der Waals surface area contributed by atoms with Crippen LogP contribution in [-0.4, -0.2) is 54.7 Å². The van der Waals surface area contributed by atoms with E-state index in [1.807, 2.05) is 0 Å². The second kappa shape index (κ2) is 11.4. The van der Waals surface area contributed by atoms with Gasteiger partial charge in [-0.2, -0.15) is 0 Å². The Balaban J connectivity index is 1.46. The van der Waals surface area contributed by atoms with E-state index in [0.717, 1.165) is 6.07 Å². The third-order valence-electron chi connectivity index (χ3n) is 5.98. The Morgan fingerprint density at radius 3 is 2.62 bits per heavy atom. The van der Waals surface area contributed by atoms with Crippen LogP contribution < -0.4 is 15.0 Å². The summed E-state index contributed by atoms with van der Waals surface area (Å²) in [7, 11) is -1.60. The zero-order chi connectivity index (χ0) is 29.0. The number of methoxy groups -OCH3 is 1. The number of benzene rings is 3. The second-order valence-corrected chi connectivity index (χ2v) is 8.35. The molecule has 2 amide bonds. The number of hydroxylamine groups is 1. The zero-order valence-electron chi connectivity index (χ0n) is 22.7. The van der Waals surface area contributed by atoms with Gasteiger partial charge in [0.1, 0.15) is 24.1 Å². The number of hydrogen-bond acceptors (Lipinski definition) is 6. The van der Waals surface area contributed by atoms with E-state index in [4.69, 9.17) is 13.6 Å². The molecule has 1 saturated heterocycles. The van der Waals surface area contributed by atoms with Gasteiger partial charge in [0.05, 0.1) is 24.4 Å². The average molecular weight is 516 g/mol. The van der Waals surface area contributed by atoms with Crippen molar-refractivity contribution in [3.63, 3.8) is 0 Å². The fraction of sp³-hybridized carbons (Fsp3) is 0.259. The van der Waals surface area contributed by atoms with Crippen molar-refractivity contribution in [3.8, 4) is 22.6 Å². The van der Waals surface area contributed by atoms with Crippen LogP contribution in [0.4, 0.5) is 8.78 Å². The van der Waals surface area contributed by atoms with Gasteiger partial charge in [-0.25, -0.2) is 14.3 Å². The molecule has 1 fully saturated rings. The Kier molecular flexibility index (Phi) is 6.82. The van der Waals surface area contributed by atoms with E-state index in [-0.39, 0.29) is 30.9 Å². The van der Waals surface area contributed by atoms with Crippen molar-refractivity contribution in [2.75, 3.05) is 20.7 Å². The van der Waals surface area contributed by atoms with E-state index >= 15 is 0 Å². The summed E-state index contributed by atoms with van der Waals surface area (Å²) in [5, 5.41) is 10.2. The lowest BCUT2D eigenvalue weighted by Gasteiger charge is -2.25. The number of likely N-dealkylation sites (tertiary alicyclic amines) is 1. The topological polar surface area (TPSA) is 97.3 Å². The number of nitrogens with one attached hydrogen (secondary N) is 1. The monoisotopic (exact) mass is 515 g/mol. The summed E-state index contributed by atoms with van der Waals surface area (Å²) in [6.45, 7) is 0.279. The van der Waals surface area contributed by atoms with Gasteiger partial charge in [-0.05, 0) is 47.9 Å². The van der Waals surface area contributed by atoms with Crippen LogP contribution in [0.15, 0.2) is 60.7 Å². The Morgan fingerprint density at radius 2 is 1.89 bits per heavy atom. The Labute approximate surface area is 216 Å². The normalized spacial score (nSPS) is 18.5. The number of aliphatic hydroxyl groups excluding tert-OH is 1. The fourth-order valence-electron chi connectivity index (χ4n) is 4.18. The molecule has 1 aliphatic heterocycles. The number of ether oxygens (including phenoxy) is 2.